The second-order valence-corrected chi connectivity index (χ2v) is 5.88. The average molecular weight is 271 g/mol. The molecule has 0 spiro atoms. The lowest BCUT2D eigenvalue weighted by Gasteiger charge is -2.21. The zero-order valence-corrected chi connectivity index (χ0v) is 13.2. The van der Waals surface area contributed by atoms with Gasteiger partial charge in [0.2, 0.25) is 0 Å². The van der Waals surface area contributed by atoms with Crippen LogP contribution in [-0.2, 0) is 0 Å². The van der Waals surface area contributed by atoms with Crippen molar-refractivity contribution in [3.05, 3.63) is 36.0 Å². The predicted molar refractivity (Wildman–Crippen MR) is 87.0 cm³/mol. The zero-order valence-electron chi connectivity index (χ0n) is 11.6. The molecule has 0 radical (unpaired) electrons. The number of rotatable bonds is 1. The molecule has 0 amide bonds. The summed E-state index contributed by atoms with van der Waals surface area (Å²) in [7, 11) is 0. The molecule has 0 aromatic heterocycles. The van der Waals surface area contributed by atoms with Crippen molar-refractivity contribution in [3.8, 4) is 0 Å². The first-order chi connectivity index (χ1) is 8.47. The van der Waals surface area contributed by atoms with Crippen LogP contribution in [0.4, 0.5) is 0 Å². The summed E-state index contributed by atoms with van der Waals surface area (Å²) < 4.78 is 0.699. The van der Waals surface area contributed by atoms with E-state index in [9.17, 15) is 0 Å². The van der Waals surface area contributed by atoms with Gasteiger partial charge in [0.25, 0.3) is 0 Å². The highest BCUT2D eigenvalue weighted by molar-refractivity contribution is 8.17. The third-order valence-electron chi connectivity index (χ3n) is 2.12. The lowest BCUT2D eigenvalue weighted by molar-refractivity contribution is 1.10. The molecule has 0 aromatic rings. The third-order valence-corrected chi connectivity index (χ3v) is 5.14. The monoisotopic (exact) mass is 270 g/mol. The van der Waals surface area contributed by atoms with Crippen LogP contribution in [0.25, 0.3) is 0 Å². The topological polar surface area (TPSA) is 0 Å². The Hall–Kier alpha value is -0.0800. The van der Waals surface area contributed by atoms with Gasteiger partial charge >= 0.3 is 0 Å². The van der Waals surface area contributed by atoms with Crippen molar-refractivity contribution < 1.29 is 0 Å². The van der Waals surface area contributed by atoms with Gasteiger partial charge in [-0.2, -0.15) is 0 Å². The lowest BCUT2D eigenvalue weighted by atomic mass is 10.2. The van der Waals surface area contributed by atoms with E-state index in [4.69, 9.17) is 0 Å². The van der Waals surface area contributed by atoms with E-state index >= 15 is 0 Å². The van der Waals surface area contributed by atoms with Crippen LogP contribution in [0, 0.1) is 0 Å². The molecule has 1 aliphatic heterocycles. The van der Waals surface area contributed by atoms with E-state index in [1.807, 2.05) is 27.7 Å². The molecule has 0 bridgehead atoms. The Kier molecular flexibility index (Phi) is 12.3. The standard InChI is InChI=1S/C11H14S2.2C2H6/c1-2-4-7-10(6-3-1)11-12-8-5-9-13-11;2*1-2/h1-3,6-7,11H,4-5,8-9H2;2*1-2H3. The Labute approximate surface area is 116 Å². The molecule has 0 unspecified atom stereocenters. The fraction of sp³-hybridized carbons (Fsp3) is 0.600. The Bertz CT molecular complexity index is 246. The van der Waals surface area contributed by atoms with Crippen LogP contribution in [0.5, 0.6) is 0 Å². The molecule has 2 rings (SSSR count). The molecular formula is C15H26S2. The van der Waals surface area contributed by atoms with Gasteiger partial charge in [-0.15, -0.1) is 23.5 Å². The summed E-state index contributed by atoms with van der Waals surface area (Å²) in [6.45, 7) is 8.00. The Morgan fingerprint density at radius 3 is 2.29 bits per heavy atom. The third kappa shape index (κ3) is 7.05. The van der Waals surface area contributed by atoms with Crippen molar-refractivity contribution in [2.24, 2.45) is 0 Å². The highest BCUT2D eigenvalue weighted by atomic mass is 32.2. The van der Waals surface area contributed by atoms with Gasteiger partial charge < -0.3 is 0 Å². The van der Waals surface area contributed by atoms with Gasteiger partial charge in [0.05, 0.1) is 4.58 Å². The normalized spacial score (nSPS) is 19.2. The number of hydrogen-bond acceptors (Lipinski definition) is 2. The molecule has 98 valence electrons. The molecule has 0 N–H and O–H groups in total. The van der Waals surface area contributed by atoms with Crippen molar-refractivity contribution in [3.63, 3.8) is 0 Å². The maximum atomic E-state index is 2.36. The van der Waals surface area contributed by atoms with Gasteiger partial charge in [-0.05, 0) is 29.9 Å². The van der Waals surface area contributed by atoms with Crippen molar-refractivity contribution in [1.29, 1.82) is 0 Å². The van der Waals surface area contributed by atoms with Gasteiger partial charge in [0, 0.05) is 0 Å². The first kappa shape index (κ1) is 16.9. The minimum absolute atomic E-state index is 0.699. The quantitative estimate of drug-likeness (QED) is 0.601. The van der Waals surface area contributed by atoms with Crippen LogP contribution in [0.1, 0.15) is 40.5 Å². The fourth-order valence-electron chi connectivity index (χ4n) is 1.45. The van der Waals surface area contributed by atoms with Crippen LogP contribution in [0.15, 0.2) is 36.0 Å². The average Bonchev–Trinajstić information content (AvgIpc) is 2.73. The van der Waals surface area contributed by atoms with E-state index in [1.54, 1.807) is 0 Å². The van der Waals surface area contributed by atoms with E-state index in [1.165, 1.54) is 23.5 Å². The molecule has 0 saturated carbocycles. The Balaban J connectivity index is 0.000000581. The van der Waals surface area contributed by atoms with Crippen molar-refractivity contribution >= 4 is 23.5 Å². The highest BCUT2D eigenvalue weighted by Crippen LogP contribution is 2.36. The van der Waals surface area contributed by atoms with Crippen LogP contribution in [0.2, 0.25) is 0 Å². The SMILES string of the molecule is C1=CCC=C(C2SCCCS2)C=C1.CC.CC. The molecule has 0 aromatic carbocycles. The van der Waals surface area contributed by atoms with Crippen molar-refractivity contribution in [2.45, 2.75) is 45.1 Å². The summed E-state index contributed by atoms with van der Waals surface area (Å²) >= 11 is 4.19. The molecule has 17 heavy (non-hydrogen) atoms. The van der Waals surface area contributed by atoms with Gasteiger partial charge in [-0.25, -0.2) is 0 Å². The Morgan fingerprint density at radius 1 is 1.00 bits per heavy atom. The smallest absolute Gasteiger partial charge is 0.0748 e. The molecule has 2 heteroatoms. The minimum atomic E-state index is 0.699. The molecule has 0 atom stereocenters. The Morgan fingerprint density at radius 2 is 1.65 bits per heavy atom. The molecule has 2 aliphatic rings. The molecule has 1 heterocycles. The number of allylic oxidation sites excluding steroid dienone is 5. The molecule has 1 aliphatic carbocycles. The predicted octanol–water partition coefficient (Wildman–Crippen LogP) is 5.68. The van der Waals surface area contributed by atoms with Crippen molar-refractivity contribution in [1.82, 2.24) is 0 Å². The highest BCUT2D eigenvalue weighted by Gasteiger charge is 2.16. The second-order valence-electron chi connectivity index (χ2n) is 3.15. The molecule has 1 saturated heterocycles. The van der Waals surface area contributed by atoms with Gasteiger partial charge in [0.1, 0.15) is 0 Å². The van der Waals surface area contributed by atoms with Crippen LogP contribution in [-0.4, -0.2) is 16.1 Å². The maximum absolute atomic E-state index is 2.36. The zero-order chi connectivity index (χ0) is 12.9. The first-order valence-corrected chi connectivity index (χ1v) is 8.83. The summed E-state index contributed by atoms with van der Waals surface area (Å²) in [5, 5.41) is 0. The first-order valence-electron chi connectivity index (χ1n) is 6.73. The van der Waals surface area contributed by atoms with E-state index in [0.717, 1.165) is 6.42 Å². The lowest BCUT2D eigenvalue weighted by Crippen LogP contribution is -2.08. The number of thioether (sulfide) groups is 2. The van der Waals surface area contributed by atoms with Crippen molar-refractivity contribution in [2.75, 3.05) is 11.5 Å². The second kappa shape index (κ2) is 12.4. The summed E-state index contributed by atoms with van der Waals surface area (Å²) in [5.41, 5.74) is 1.51. The molecule has 1 fully saturated rings. The summed E-state index contributed by atoms with van der Waals surface area (Å²) in [6.07, 6.45) is 13.6. The summed E-state index contributed by atoms with van der Waals surface area (Å²) in [4.78, 5) is 0. The van der Waals surface area contributed by atoms with Gasteiger partial charge in [0.15, 0.2) is 0 Å². The summed E-state index contributed by atoms with van der Waals surface area (Å²) in [5.74, 6) is 2.66. The van der Waals surface area contributed by atoms with Gasteiger partial charge in [-0.1, -0.05) is 58.1 Å². The van der Waals surface area contributed by atoms with E-state index in [2.05, 4.69) is 53.9 Å². The molecule has 0 nitrogen and oxygen atoms in total. The number of hydrogen-bond donors (Lipinski definition) is 0. The molecular weight excluding hydrogens is 244 g/mol. The minimum Gasteiger partial charge on any atom is -0.143 e. The van der Waals surface area contributed by atoms with E-state index in [-0.39, 0.29) is 0 Å². The fourth-order valence-corrected chi connectivity index (χ4v) is 4.38. The van der Waals surface area contributed by atoms with Gasteiger partial charge in [-0.3, -0.25) is 0 Å². The van der Waals surface area contributed by atoms with Crippen LogP contribution >= 0.6 is 23.5 Å². The summed E-state index contributed by atoms with van der Waals surface area (Å²) in [6, 6.07) is 0. The largest absolute Gasteiger partial charge is 0.143 e. The van der Waals surface area contributed by atoms with Crippen LogP contribution in [0.3, 0.4) is 0 Å². The van der Waals surface area contributed by atoms with Crippen LogP contribution < -0.4 is 0 Å². The van der Waals surface area contributed by atoms with E-state index in [0.29, 0.717) is 4.58 Å². The van der Waals surface area contributed by atoms with E-state index < -0.39 is 0 Å². The maximum Gasteiger partial charge on any atom is 0.0748 e.